The van der Waals surface area contributed by atoms with E-state index in [1.54, 1.807) is 17.7 Å². The number of rotatable bonds is 3. The van der Waals surface area contributed by atoms with Crippen LogP contribution < -0.4 is 4.90 Å². The van der Waals surface area contributed by atoms with Crippen molar-refractivity contribution in [1.29, 1.82) is 0 Å². The Bertz CT molecular complexity index is 687. The van der Waals surface area contributed by atoms with Crippen molar-refractivity contribution in [2.75, 3.05) is 24.5 Å². The molecular weight excluding hydrogens is 300 g/mol. The molecule has 0 aromatic carbocycles. The van der Waals surface area contributed by atoms with Gasteiger partial charge in [-0.3, -0.25) is 0 Å². The first-order chi connectivity index (χ1) is 10.6. The molecule has 1 aliphatic rings. The van der Waals surface area contributed by atoms with Crippen molar-refractivity contribution >= 4 is 33.5 Å². The summed E-state index contributed by atoms with van der Waals surface area (Å²) in [6.07, 6.45) is 2.66. The van der Waals surface area contributed by atoms with Crippen molar-refractivity contribution in [1.82, 2.24) is 14.9 Å². The van der Waals surface area contributed by atoms with E-state index in [2.05, 4.69) is 34.8 Å². The average molecular weight is 320 g/mol. The molecule has 2 aromatic heterocycles. The van der Waals surface area contributed by atoms with Gasteiger partial charge in [0.1, 0.15) is 17.0 Å². The standard InChI is InChI=1S/C15H20N4O2S/c1-3-10-8-18(15(20)21)5-6-19(10)13-12-7-11(4-2)22-14(12)17-9-16-13/h7,9-10H,3-6,8H2,1-2H3,(H,20,21). The Morgan fingerprint density at radius 1 is 1.41 bits per heavy atom. The maximum absolute atomic E-state index is 11.2. The first-order valence-corrected chi connectivity index (χ1v) is 8.43. The molecular formula is C15H20N4O2S. The van der Waals surface area contributed by atoms with Gasteiger partial charge in [0, 0.05) is 30.6 Å². The Kier molecular flexibility index (Phi) is 4.15. The number of nitrogens with zero attached hydrogens (tertiary/aromatic N) is 4. The molecule has 1 unspecified atom stereocenters. The zero-order valence-electron chi connectivity index (χ0n) is 12.8. The van der Waals surface area contributed by atoms with Gasteiger partial charge in [0.05, 0.1) is 5.39 Å². The van der Waals surface area contributed by atoms with Gasteiger partial charge in [-0.15, -0.1) is 11.3 Å². The molecule has 6 nitrogen and oxygen atoms in total. The highest BCUT2D eigenvalue weighted by Crippen LogP contribution is 2.32. The van der Waals surface area contributed by atoms with Gasteiger partial charge in [-0.25, -0.2) is 14.8 Å². The highest BCUT2D eigenvalue weighted by Gasteiger charge is 2.30. The maximum Gasteiger partial charge on any atom is 0.407 e. The van der Waals surface area contributed by atoms with Crippen molar-refractivity contribution < 1.29 is 9.90 Å². The Labute approximate surface area is 133 Å². The van der Waals surface area contributed by atoms with Crippen LogP contribution in [0.5, 0.6) is 0 Å². The van der Waals surface area contributed by atoms with E-state index in [4.69, 9.17) is 0 Å². The molecule has 0 saturated carbocycles. The van der Waals surface area contributed by atoms with E-state index >= 15 is 0 Å². The van der Waals surface area contributed by atoms with E-state index < -0.39 is 6.09 Å². The minimum absolute atomic E-state index is 0.160. The van der Waals surface area contributed by atoms with E-state index in [1.807, 2.05) is 0 Å². The molecule has 0 bridgehead atoms. The summed E-state index contributed by atoms with van der Waals surface area (Å²) < 4.78 is 0. The number of aromatic nitrogens is 2. The van der Waals surface area contributed by atoms with Crippen LogP contribution in [-0.2, 0) is 6.42 Å². The second-order valence-electron chi connectivity index (χ2n) is 5.47. The lowest BCUT2D eigenvalue weighted by Gasteiger charge is -2.40. The highest BCUT2D eigenvalue weighted by atomic mass is 32.1. The number of thiophene rings is 1. The molecule has 1 fully saturated rings. The van der Waals surface area contributed by atoms with Crippen LogP contribution in [0.15, 0.2) is 12.4 Å². The summed E-state index contributed by atoms with van der Waals surface area (Å²) in [4.78, 5) is 26.1. The van der Waals surface area contributed by atoms with E-state index in [-0.39, 0.29) is 6.04 Å². The molecule has 22 heavy (non-hydrogen) atoms. The molecule has 118 valence electrons. The van der Waals surface area contributed by atoms with Gasteiger partial charge in [-0.1, -0.05) is 13.8 Å². The first-order valence-electron chi connectivity index (χ1n) is 7.62. The fraction of sp³-hybridized carbons (Fsp3) is 0.533. The predicted molar refractivity (Wildman–Crippen MR) is 87.8 cm³/mol. The number of carbonyl (C=O) groups is 1. The van der Waals surface area contributed by atoms with Crippen molar-refractivity contribution in [3.8, 4) is 0 Å². The molecule has 0 spiro atoms. The largest absolute Gasteiger partial charge is 0.465 e. The Balaban J connectivity index is 1.96. The van der Waals surface area contributed by atoms with Crippen LogP contribution in [0.1, 0.15) is 25.1 Å². The van der Waals surface area contributed by atoms with Gasteiger partial charge < -0.3 is 14.9 Å². The van der Waals surface area contributed by atoms with Gasteiger partial charge in [0.15, 0.2) is 0 Å². The molecule has 1 saturated heterocycles. The SMILES string of the molecule is CCc1cc2c(N3CCN(C(=O)O)CC3CC)ncnc2s1. The molecule has 1 amide bonds. The molecule has 3 heterocycles. The summed E-state index contributed by atoms with van der Waals surface area (Å²) >= 11 is 1.71. The molecule has 2 aromatic rings. The van der Waals surface area contributed by atoms with Crippen LogP contribution in [0.4, 0.5) is 10.6 Å². The van der Waals surface area contributed by atoms with E-state index in [0.717, 1.165) is 28.9 Å². The average Bonchev–Trinajstić information content (AvgIpc) is 2.97. The Morgan fingerprint density at radius 3 is 2.91 bits per heavy atom. The van der Waals surface area contributed by atoms with Crippen molar-refractivity contribution in [2.45, 2.75) is 32.7 Å². The Morgan fingerprint density at radius 2 is 2.23 bits per heavy atom. The van der Waals surface area contributed by atoms with Gasteiger partial charge >= 0.3 is 6.09 Å². The lowest BCUT2D eigenvalue weighted by molar-refractivity contribution is 0.134. The third kappa shape index (κ3) is 2.61. The van der Waals surface area contributed by atoms with Gasteiger partial charge in [0.2, 0.25) is 0 Å². The number of hydrogen-bond donors (Lipinski definition) is 1. The van der Waals surface area contributed by atoms with Gasteiger partial charge in [-0.05, 0) is 18.9 Å². The zero-order valence-corrected chi connectivity index (χ0v) is 13.6. The molecule has 7 heteroatoms. The third-order valence-corrected chi connectivity index (χ3v) is 5.39. The van der Waals surface area contributed by atoms with Crippen LogP contribution >= 0.6 is 11.3 Å². The summed E-state index contributed by atoms with van der Waals surface area (Å²) in [5.41, 5.74) is 0. The molecule has 3 rings (SSSR count). The van der Waals surface area contributed by atoms with Gasteiger partial charge in [0.25, 0.3) is 0 Å². The van der Waals surface area contributed by atoms with Crippen LogP contribution in [0.3, 0.4) is 0 Å². The second-order valence-corrected chi connectivity index (χ2v) is 6.58. The Hall–Kier alpha value is -1.89. The monoisotopic (exact) mass is 320 g/mol. The summed E-state index contributed by atoms with van der Waals surface area (Å²) in [7, 11) is 0. The van der Waals surface area contributed by atoms with Crippen molar-refractivity contribution in [3.05, 3.63) is 17.3 Å². The number of anilines is 1. The van der Waals surface area contributed by atoms with Crippen LogP contribution in [0, 0.1) is 0 Å². The maximum atomic E-state index is 11.2. The third-order valence-electron chi connectivity index (χ3n) is 4.20. The first kappa shape index (κ1) is 15.0. The molecule has 1 atom stereocenters. The fourth-order valence-electron chi connectivity index (χ4n) is 2.95. The quantitative estimate of drug-likeness (QED) is 0.941. The fourth-order valence-corrected chi connectivity index (χ4v) is 3.88. The summed E-state index contributed by atoms with van der Waals surface area (Å²) in [5.74, 6) is 0.942. The van der Waals surface area contributed by atoms with E-state index in [9.17, 15) is 9.90 Å². The second kappa shape index (κ2) is 6.08. The van der Waals surface area contributed by atoms with Crippen LogP contribution in [-0.4, -0.2) is 51.7 Å². The topological polar surface area (TPSA) is 69.6 Å². The highest BCUT2D eigenvalue weighted by molar-refractivity contribution is 7.18. The number of carboxylic acid groups (broad SMARTS) is 1. The number of hydrogen-bond acceptors (Lipinski definition) is 5. The minimum Gasteiger partial charge on any atom is -0.465 e. The number of amides is 1. The number of aryl methyl sites for hydroxylation is 1. The zero-order chi connectivity index (χ0) is 15.7. The summed E-state index contributed by atoms with van der Waals surface area (Å²) in [6, 6.07) is 2.33. The smallest absolute Gasteiger partial charge is 0.407 e. The molecule has 0 aliphatic carbocycles. The normalized spacial score (nSPS) is 18.9. The summed E-state index contributed by atoms with van der Waals surface area (Å²) in [6.45, 7) is 5.95. The number of piperazine rings is 1. The predicted octanol–water partition coefficient (Wildman–Crippen LogP) is 2.83. The van der Waals surface area contributed by atoms with Crippen molar-refractivity contribution in [2.24, 2.45) is 0 Å². The van der Waals surface area contributed by atoms with Gasteiger partial charge in [-0.2, -0.15) is 0 Å². The van der Waals surface area contributed by atoms with E-state index in [0.29, 0.717) is 19.6 Å². The molecule has 0 radical (unpaired) electrons. The van der Waals surface area contributed by atoms with Crippen LogP contribution in [0.2, 0.25) is 0 Å². The van der Waals surface area contributed by atoms with E-state index in [1.165, 1.54) is 9.78 Å². The lowest BCUT2D eigenvalue weighted by atomic mass is 10.1. The lowest BCUT2D eigenvalue weighted by Crippen LogP contribution is -2.54. The molecule has 1 N–H and O–H groups in total. The van der Waals surface area contributed by atoms with Crippen molar-refractivity contribution in [3.63, 3.8) is 0 Å². The number of fused-ring (bicyclic) bond motifs is 1. The minimum atomic E-state index is -0.838. The molecule has 1 aliphatic heterocycles. The van der Waals surface area contributed by atoms with Crippen LogP contribution in [0.25, 0.3) is 10.2 Å². The summed E-state index contributed by atoms with van der Waals surface area (Å²) in [5, 5.41) is 10.3.